The van der Waals surface area contributed by atoms with Crippen molar-refractivity contribution in [3.63, 3.8) is 0 Å². The van der Waals surface area contributed by atoms with Crippen LogP contribution in [-0.2, 0) is 0 Å². The molecule has 6 nitrogen and oxygen atoms in total. The van der Waals surface area contributed by atoms with Gasteiger partial charge < -0.3 is 27.4 Å². The third-order valence-electron chi connectivity index (χ3n) is 2.37. The maximum Gasteiger partial charge on any atom is 0.123 e. The summed E-state index contributed by atoms with van der Waals surface area (Å²) >= 11 is 0. The van der Waals surface area contributed by atoms with Crippen LogP contribution < -0.4 is 22.5 Å². The molecule has 0 aromatic carbocycles. The molecule has 100 valence electrons. The molecule has 0 aliphatic carbocycles. The van der Waals surface area contributed by atoms with Crippen molar-refractivity contribution in [3.8, 4) is 0 Å². The van der Waals surface area contributed by atoms with Crippen molar-refractivity contribution in [2.24, 2.45) is 17.2 Å². The molecule has 0 bridgehead atoms. The summed E-state index contributed by atoms with van der Waals surface area (Å²) in [6.07, 6.45) is 0.741. The van der Waals surface area contributed by atoms with E-state index in [-0.39, 0.29) is 0 Å². The molecule has 0 unspecified atom stereocenters. The van der Waals surface area contributed by atoms with Gasteiger partial charge in [-0.25, -0.2) is 0 Å². The minimum atomic E-state index is 0.440. The smallest absolute Gasteiger partial charge is 0.123 e. The molecule has 0 aliphatic rings. The molecule has 0 aromatic heterocycles. The van der Waals surface area contributed by atoms with Crippen molar-refractivity contribution in [2.75, 3.05) is 45.8 Å². The minimum Gasteiger partial charge on any atom is -0.354 e. The number of hydrogen-bond acceptors (Lipinski definition) is 5. The molecule has 0 spiro atoms. The lowest BCUT2D eigenvalue weighted by Crippen LogP contribution is -2.39. The molecule has 0 saturated heterocycles. The number of amidine groups is 1. The molecule has 6 heteroatoms. The Morgan fingerprint density at radius 2 is 1.65 bits per heavy atom. The van der Waals surface area contributed by atoms with E-state index in [0.29, 0.717) is 38.6 Å². The van der Waals surface area contributed by atoms with E-state index in [2.05, 4.69) is 11.9 Å². The Kier molecular flexibility index (Phi) is 9.65. The molecule has 0 aliphatic heterocycles. The molecule has 0 amide bonds. The van der Waals surface area contributed by atoms with Crippen LogP contribution in [-0.4, -0.2) is 56.5 Å². The molecule has 8 N–H and O–H groups in total. The number of nitrogens with two attached hydrogens (primary N) is 3. The van der Waals surface area contributed by atoms with Gasteiger partial charge in [0, 0.05) is 39.3 Å². The third kappa shape index (κ3) is 7.06. The van der Waals surface area contributed by atoms with Gasteiger partial charge in [-0.3, -0.25) is 5.41 Å². The fraction of sp³-hybridized carbons (Fsp3) is 0.727. The summed E-state index contributed by atoms with van der Waals surface area (Å²) < 4.78 is 0. The van der Waals surface area contributed by atoms with Gasteiger partial charge in [-0.1, -0.05) is 6.58 Å². The summed E-state index contributed by atoms with van der Waals surface area (Å²) in [6, 6.07) is 0. The highest BCUT2D eigenvalue weighted by Crippen LogP contribution is 2.03. The fourth-order valence-electron chi connectivity index (χ4n) is 1.46. The summed E-state index contributed by atoms with van der Waals surface area (Å²) in [6.45, 7) is 8.43. The molecular formula is C11H26N6. The molecule has 0 radical (unpaired) electrons. The largest absolute Gasteiger partial charge is 0.354 e. The Morgan fingerprint density at radius 3 is 2.12 bits per heavy atom. The fourth-order valence-corrected chi connectivity index (χ4v) is 1.46. The van der Waals surface area contributed by atoms with Crippen LogP contribution in [0.4, 0.5) is 0 Å². The highest BCUT2D eigenvalue weighted by molar-refractivity contribution is 5.95. The van der Waals surface area contributed by atoms with Gasteiger partial charge in [0.05, 0.1) is 0 Å². The predicted octanol–water partition coefficient (Wildman–Crippen LogP) is -1.32. The SMILES string of the molecule is C=C(CCNCCN)C(=N)N(CCN)CCN. The normalized spacial score (nSPS) is 10.3. The molecule has 17 heavy (non-hydrogen) atoms. The maximum absolute atomic E-state index is 8.00. The first-order valence-corrected chi connectivity index (χ1v) is 6.00. The topological polar surface area (TPSA) is 117 Å². The zero-order valence-corrected chi connectivity index (χ0v) is 10.5. The van der Waals surface area contributed by atoms with E-state index in [4.69, 9.17) is 22.6 Å². The zero-order valence-electron chi connectivity index (χ0n) is 10.5. The number of rotatable bonds is 10. The van der Waals surface area contributed by atoms with Gasteiger partial charge in [-0.2, -0.15) is 0 Å². The first kappa shape index (κ1) is 16.1. The van der Waals surface area contributed by atoms with Crippen molar-refractivity contribution in [2.45, 2.75) is 6.42 Å². The average molecular weight is 242 g/mol. The van der Waals surface area contributed by atoms with Crippen LogP contribution in [0.2, 0.25) is 0 Å². The van der Waals surface area contributed by atoms with Gasteiger partial charge in [0.25, 0.3) is 0 Å². The van der Waals surface area contributed by atoms with Crippen molar-refractivity contribution in [3.05, 3.63) is 12.2 Å². The minimum absolute atomic E-state index is 0.440. The van der Waals surface area contributed by atoms with Crippen molar-refractivity contribution in [1.29, 1.82) is 5.41 Å². The molecule has 0 atom stereocenters. The lowest BCUT2D eigenvalue weighted by atomic mass is 10.1. The molecule has 0 fully saturated rings. The molecule has 0 rings (SSSR count). The van der Waals surface area contributed by atoms with E-state index in [1.807, 2.05) is 4.90 Å². The van der Waals surface area contributed by atoms with E-state index in [9.17, 15) is 0 Å². The highest BCUT2D eigenvalue weighted by atomic mass is 15.2. The summed E-state index contributed by atoms with van der Waals surface area (Å²) in [4.78, 5) is 1.87. The van der Waals surface area contributed by atoms with E-state index < -0.39 is 0 Å². The first-order valence-electron chi connectivity index (χ1n) is 6.00. The monoisotopic (exact) mass is 242 g/mol. The van der Waals surface area contributed by atoms with Crippen LogP contribution >= 0.6 is 0 Å². The zero-order chi connectivity index (χ0) is 13.1. The number of hydrogen-bond donors (Lipinski definition) is 5. The summed E-state index contributed by atoms with van der Waals surface area (Å²) in [5, 5.41) is 11.2. The van der Waals surface area contributed by atoms with Crippen LogP contribution in [0.3, 0.4) is 0 Å². The van der Waals surface area contributed by atoms with Crippen LogP contribution in [0.15, 0.2) is 12.2 Å². The Morgan fingerprint density at radius 1 is 1.06 bits per heavy atom. The van der Waals surface area contributed by atoms with Crippen LogP contribution in [0.25, 0.3) is 0 Å². The standard InChI is InChI=1S/C11H26N6/c1-10(2-6-16-7-3-12)11(15)17(8-4-13)9-5-14/h15-16H,1-9,12-14H2. The predicted molar refractivity (Wildman–Crippen MR) is 73.1 cm³/mol. The van der Waals surface area contributed by atoms with Crippen LogP contribution in [0.1, 0.15) is 6.42 Å². The van der Waals surface area contributed by atoms with Crippen LogP contribution in [0.5, 0.6) is 0 Å². The van der Waals surface area contributed by atoms with Gasteiger partial charge in [0.1, 0.15) is 5.84 Å². The van der Waals surface area contributed by atoms with E-state index in [0.717, 1.165) is 25.1 Å². The summed E-state index contributed by atoms with van der Waals surface area (Å²) in [5.74, 6) is 0.440. The average Bonchev–Trinajstić information content (AvgIpc) is 2.33. The van der Waals surface area contributed by atoms with E-state index in [1.54, 1.807) is 0 Å². The second kappa shape index (κ2) is 10.2. The Labute approximate surface area is 104 Å². The quantitative estimate of drug-likeness (QED) is 0.185. The maximum atomic E-state index is 8.00. The van der Waals surface area contributed by atoms with Crippen molar-refractivity contribution >= 4 is 5.84 Å². The van der Waals surface area contributed by atoms with E-state index >= 15 is 0 Å². The molecule has 0 heterocycles. The summed E-state index contributed by atoms with van der Waals surface area (Å²) in [7, 11) is 0. The Bertz CT molecular complexity index is 222. The second-order valence-corrected chi connectivity index (χ2v) is 3.81. The summed E-state index contributed by atoms with van der Waals surface area (Å²) in [5.41, 5.74) is 17.2. The number of nitrogens with zero attached hydrogens (tertiary/aromatic N) is 1. The van der Waals surface area contributed by atoms with Crippen molar-refractivity contribution in [1.82, 2.24) is 10.2 Å². The lowest BCUT2D eigenvalue weighted by molar-refractivity contribution is 0.434. The van der Waals surface area contributed by atoms with Gasteiger partial charge in [-0.05, 0) is 18.5 Å². The van der Waals surface area contributed by atoms with Crippen molar-refractivity contribution < 1.29 is 0 Å². The second-order valence-electron chi connectivity index (χ2n) is 3.81. The van der Waals surface area contributed by atoms with Crippen LogP contribution in [0, 0.1) is 5.41 Å². The number of nitrogens with one attached hydrogen (secondary N) is 2. The third-order valence-corrected chi connectivity index (χ3v) is 2.37. The van der Waals surface area contributed by atoms with Gasteiger partial charge in [0.15, 0.2) is 0 Å². The first-order chi connectivity index (χ1) is 8.17. The van der Waals surface area contributed by atoms with Gasteiger partial charge in [-0.15, -0.1) is 0 Å². The van der Waals surface area contributed by atoms with Gasteiger partial charge in [0.2, 0.25) is 0 Å². The Hall–Kier alpha value is -0.950. The van der Waals surface area contributed by atoms with E-state index in [1.165, 1.54) is 0 Å². The highest BCUT2D eigenvalue weighted by Gasteiger charge is 2.10. The molecular weight excluding hydrogens is 216 g/mol. The molecule has 0 saturated carbocycles. The molecule has 0 aromatic rings. The lowest BCUT2D eigenvalue weighted by Gasteiger charge is -2.25. The Balaban J connectivity index is 4.02. The van der Waals surface area contributed by atoms with Gasteiger partial charge >= 0.3 is 0 Å².